The highest BCUT2D eigenvalue weighted by Crippen LogP contribution is 2.17. The Morgan fingerprint density at radius 1 is 1.50 bits per heavy atom. The van der Waals surface area contributed by atoms with E-state index in [-0.39, 0.29) is 0 Å². The van der Waals surface area contributed by atoms with E-state index in [0.717, 1.165) is 6.54 Å². The molecule has 0 radical (unpaired) electrons. The van der Waals surface area contributed by atoms with Gasteiger partial charge in [-0.3, -0.25) is 4.98 Å². The van der Waals surface area contributed by atoms with Gasteiger partial charge < -0.3 is 4.57 Å². The van der Waals surface area contributed by atoms with Crippen LogP contribution in [0.4, 0.5) is 0 Å². The van der Waals surface area contributed by atoms with Crippen LogP contribution in [0, 0.1) is 6.92 Å². The molecule has 0 aliphatic heterocycles. The highest BCUT2D eigenvalue weighted by Gasteiger charge is 2.01. The van der Waals surface area contributed by atoms with E-state index in [1.807, 2.05) is 12.4 Å². The Morgan fingerprint density at radius 3 is 3.08 bits per heavy atom. The summed E-state index contributed by atoms with van der Waals surface area (Å²) in [5, 5.41) is 1.23. The highest BCUT2D eigenvalue weighted by atomic mass is 15.0. The van der Waals surface area contributed by atoms with E-state index in [0.29, 0.717) is 0 Å². The van der Waals surface area contributed by atoms with Gasteiger partial charge in [-0.2, -0.15) is 0 Å². The SMILES string of the molecule is CCn1c(C)cc2cnccc21. The Balaban J connectivity index is 2.81. The van der Waals surface area contributed by atoms with Gasteiger partial charge in [0, 0.05) is 30.0 Å². The van der Waals surface area contributed by atoms with Crippen LogP contribution in [-0.4, -0.2) is 9.55 Å². The number of fused-ring (bicyclic) bond motifs is 1. The molecule has 2 aromatic heterocycles. The molecule has 0 aromatic carbocycles. The molecule has 0 atom stereocenters. The monoisotopic (exact) mass is 160 g/mol. The van der Waals surface area contributed by atoms with Gasteiger partial charge in [-0.05, 0) is 26.0 Å². The van der Waals surface area contributed by atoms with E-state index >= 15 is 0 Å². The number of hydrogen-bond donors (Lipinski definition) is 0. The van der Waals surface area contributed by atoms with Gasteiger partial charge in [-0.1, -0.05) is 0 Å². The largest absolute Gasteiger partial charge is 0.345 e. The molecule has 0 saturated carbocycles. The molecule has 2 nitrogen and oxygen atoms in total. The van der Waals surface area contributed by atoms with Crippen LogP contribution in [-0.2, 0) is 6.54 Å². The summed E-state index contributed by atoms with van der Waals surface area (Å²) >= 11 is 0. The fraction of sp³-hybridized carbons (Fsp3) is 0.300. The summed E-state index contributed by atoms with van der Waals surface area (Å²) in [5.41, 5.74) is 2.59. The first-order chi connectivity index (χ1) is 5.83. The quantitative estimate of drug-likeness (QED) is 0.626. The smallest absolute Gasteiger partial charge is 0.0513 e. The average Bonchev–Trinajstić information content (AvgIpc) is 2.40. The van der Waals surface area contributed by atoms with Crippen LogP contribution in [0.25, 0.3) is 10.9 Å². The maximum atomic E-state index is 4.09. The van der Waals surface area contributed by atoms with Gasteiger partial charge in [0.1, 0.15) is 0 Å². The van der Waals surface area contributed by atoms with Crippen LogP contribution in [0.3, 0.4) is 0 Å². The molecule has 0 bridgehead atoms. The van der Waals surface area contributed by atoms with Crippen LogP contribution in [0.2, 0.25) is 0 Å². The second-order valence-electron chi connectivity index (χ2n) is 2.96. The number of hydrogen-bond acceptors (Lipinski definition) is 1. The Labute approximate surface area is 71.8 Å². The van der Waals surface area contributed by atoms with Crippen molar-refractivity contribution in [2.24, 2.45) is 0 Å². The first kappa shape index (κ1) is 7.35. The molecule has 0 N–H and O–H groups in total. The zero-order valence-electron chi connectivity index (χ0n) is 7.41. The minimum Gasteiger partial charge on any atom is -0.345 e. The topological polar surface area (TPSA) is 17.8 Å². The van der Waals surface area contributed by atoms with E-state index < -0.39 is 0 Å². The van der Waals surface area contributed by atoms with Gasteiger partial charge in [0.25, 0.3) is 0 Å². The third kappa shape index (κ3) is 0.916. The lowest BCUT2D eigenvalue weighted by Crippen LogP contribution is -1.95. The van der Waals surface area contributed by atoms with Crippen LogP contribution in [0.5, 0.6) is 0 Å². The molecule has 0 amide bonds. The Bertz CT molecular complexity index is 401. The molecule has 0 saturated heterocycles. The summed E-state index contributed by atoms with van der Waals surface area (Å²) in [6, 6.07) is 4.23. The second-order valence-corrected chi connectivity index (χ2v) is 2.96. The summed E-state index contributed by atoms with van der Waals surface area (Å²) in [5.74, 6) is 0. The van der Waals surface area contributed by atoms with Gasteiger partial charge in [-0.15, -0.1) is 0 Å². The van der Waals surface area contributed by atoms with Crippen LogP contribution < -0.4 is 0 Å². The van der Waals surface area contributed by atoms with Crippen molar-refractivity contribution in [2.75, 3.05) is 0 Å². The maximum Gasteiger partial charge on any atom is 0.0513 e. The molecular weight excluding hydrogens is 148 g/mol. The Kier molecular flexibility index (Phi) is 1.61. The van der Waals surface area contributed by atoms with Crippen molar-refractivity contribution in [3.63, 3.8) is 0 Å². The lowest BCUT2D eigenvalue weighted by atomic mass is 10.3. The van der Waals surface area contributed by atoms with E-state index in [2.05, 4.69) is 35.5 Å². The minimum absolute atomic E-state index is 1.03. The van der Waals surface area contributed by atoms with Crippen molar-refractivity contribution in [2.45, 2.75) is 20.4 Å². The van der Waals surface area contributed by atoms with Crippen LogP contribution in [0.1, 0.15) is 12.6 Å². The second kappa shape index (κ2) is 2.63. The lowest BCUT2D eigenvalue weighted by molar-refractivity contribution is 0.769. The Morgan fingerprint density at radius 2 is 2.33 bits per heavy atom. The molecule has 2 rings (SSSR count). The normalized spacial score (nSPS) is 10.8. The number of aromatic nitrogens is 2. The molecule has 0 aliphatic rings. The fourth-order valence-corrected chi connectivity index (χ4v) is 1.67. The molecule has 0 fully saturated rings. The molecule has 2 heterocycles. The van der Waals surface area contributed by atoms with Gasteiger partial charge >= 0.3 is 0 Å². The predicted molar refractivity (Wildman–Crippen MR) is 50.1 cm³/mol. The molecule has 0 aliphatic carbocycles. The number of rotatable bonds is 1. The fourth-order valence-electron chi connectivity index (χ4n) is 1.67. The first-order valence-electron chi connectivity index (χ1n) is 4.22. The molecule has 0 unspecified atom stereocenters. The number of pyridine rings is 1. The molecule has 2 heteroatoms. The van der Waals surface area contributed by atoms with Crippen molar-refractivity contribution in [3.8, 4) is 0 Å². The maximum absolute atomic E-state index is 4.09. The summed E-state index contributed by atoms with van der Waals surface area (Å²) in [7, 11) is 0. The van der Waals surface area contributed by atoms with Crippen molar-refractivity contribution in [1.29, 1.82) is 0 Å². The summed E-state index contributed by atoms with van der Waals surface area (Å²) < 4.78 is 2.29. The minimum atomic E-state index is 1.03. The van der Waals surface area contributed by atoms with Crippen LogP contribution >= 0.6 is 0 Å². The zero-order valence-corrected chi connectivity index (χ0v) is 7.41. The lowest BCUT2D eigenvalue weighted by Gasteiger charge is -2.02. The van der Waals surface area contributed by atoms with E-state index in [1.54, 1.807) is 0 Å². The van der Waals surface area contributed by atoms with E-state index in [1.165, 1.54) is 16.6 Å². The first-order valence-corrected chi connectivity index (χ1v) is 4.22. The molecule has 0 spiro atoms. The predicted octanol–water partition coefficient (Wildman–Crippen LogP) is 2.36. The summed E-state index contributed by atoms with van der Waals surface area (Å²) in [6.45, 7) is 5.32. The Hall–Kier alpha value is -1.31. The number of nitrogens with zero attached hydrogens (tertiary/aromatic N) is 2. The molecule has 2 aromatic rings. The average molecular weight is 160 g/mol. The van der Waals surface area contributed by atoms with Crippen LogP contribution in [0.15, 0.2) is 24.5 Å². The highest BCUT2D eigenvalue weighted by molar-refractivity contribution is 5.80. The van der Waals surface area contributed by atoms with Crippen molar-refractivity contribution in [3.05, 3.63) is 30.2 Å². The summed E-state index contributed by atoms with van der Waals surface area (Å²) in [6.07, 6.45) is 3.75. The van der Waals surface area contributed by atoms with Crippen molar-refractivity contribution >= 4 is 10.9 Å². The van der Waals surface area contributed by atoms with Crippen molar-refractivity contribution in [1.82, 2.24) is 9.55 Å². The standard InChI is InChI=1S/C10H12N2/c1-3-12-8(2)6-9-7-11-5-4-10(9)12/h4-7H,3H2,1-2H3. The molecular formula is C10H12N2. The zero-order chi connectivity index (χ0) is 8.55. The summed E-state index contributed by atoms with van der Waals surface area (Å²) in [4.78, 5) is 4.09. The number of aryl methyl sites for hydroxylation is 2. The van der Waals surface area contributed by atoms with Gasteiger partial charge in [0.15, 0.2) is 0 Å². The molecule has 12 heavy (non-hydrogen) atoms. The van der Waals surface area contributed by atoms with Crippen molar-refractivity contribution < 1.29 is 0 Å². The van der Waals surface area contributed by atoms with Gasteiger partial charge in [-0.25, -0.2) is 0 Å². The third-order valence-corrected chi connectivity index (χ3v) is 2.23. The van der Waals surface area contributed by atoms with E-state index in [4.69, 9.17) is 0 Å². The van der Waals surface area contributed by atoms with Gasteiger partial charge in [0.05, 0.1) is 5.52 Å². The van der Waals surface area contributed by atoms with Gasteiger partial charge in [0.2, 0.25) is 0 Å². The molecule has 62 valence electrons. The third-order valence-electron chi connectivity index (χ3n) is 2.23. The van der Waals surface area contributed by atoms with E-state index in [9.17, 15) is 0 Å².